The fraction of sp³-hybridized carbons (Fsp3) is 1.00. The van der Waals surface area contributed by atoms with Gasteiger partial charge in [-0.2, -0.15) is 0 Å². The van der Waals surface area contributed by atoms with Gasteiger partial charge >= 0.3 is 0 Å². The highest BCUT2D eigenvalue weighted by Crippen LogP contribution is 2.14. The Bertz CT molecular complexity index is 185. The van der Waals surface area contributed by atoms with Crippen LogP contribution >= 0.6 is 0 Å². The first-order chi connectivity index (χ1) is 8.17. The summed E-state index contributed by atoms with van der Waals surface area (Å²) in [5.41, 5.74) is 0. The van der Waals surface area contributed by atoms with E-state index in [0.29, 0.717) is 6.04 Å². The molecule has 0 bridgehead atoms. The van der Waals surface area contributed by atoms with Crippen LogP contribution in [-0.4, -0.2) is 73.9 Å². The number of rotatable bonds is 7. The molecule has 0 aromatic carbocycles. The number of likely N-dealkylation sites (N-methyl/N-ethyl adjacent to an activating group) is 1. The predicted molar refractivity (Wildman–Crippen MR) is 72.3 cm³/mol. The Morgan fingerprint density at radius 1 is 1.35 bits per heavy atom. The number of hydrogen-bond acceptors (Lipinski definition) is 4. The Morgan fingerprint density at radius 3 is 2.47 bits per heavy atom. The summed E-state index contributed by atoms with van der Waals surface area (Å²) in [5, 5.41) is 12.5. The van der Waals surface area contributed by atoms with Gasteiger partial charge in [-0.15, -0.1) is 0 Å². The molecule has 4 heteroatoms. The summed E-state index contributed by atoms with van der Waals surface area (Å²) >= 11 is 0. The average molecular weight is 243 g/mol. The van der Waals surface area contributed by atoms with Crippen molar-refractivity contribution in [3.05, 3.63) is 0 Å². The molecule has 1 saturated heterocycles. The number of aliphatic hydroxyl groups excluding tert-OH is 1. The maximum Gasteiger partial charge on any atom is 0.0446 e. The Hall–Kier alpha value is -0.160. The lowest BCUT2D eigenvalue weighted by Crippen LogP contribution is -2.47. The lowest BCUT2D eigenvalue weighted by Gasteiger charge is -2.36. The van der Waals surface area contributed by atoms with Crippen LogP contribution in [0.2, 0.25) is 0 Å². The van der Waals surface area contributed by atoms with E-state index in [2.05, 4.69) is 36.1 Å². The van der Waals surface area contributed by atoms with Crippen molar-refractivity contribution in [3.8, 4) is 0 Å². The highest BCUT2D eigenvalue weighted by atomic mass is 16.3. The topological polar surface area (TPSA) is 38.7 Å². The summed E-state index contributed by atoms with van der Waals surface area (Å²) in [4.78, 5) is 4.87. The first-order valence-corrected chi connectivity index (χ1v) is 6.90. The first kappa shape index (κ1) is 14.9. The van der Waals surface area contributed by atoms with E-state index >= 15 is 0 Å². The Morgan fingerprint density at radius 2 is 2.00 bits per heavy atom. The van der Waals surface area contributed by atoms with Crippen molar-refractivity contribution >= 4 is 0 Å². The molecule has 1 rings (SSSR count). The molecule has 1 heterocycles. The second-order valence-corrected chi connectivity index (χ2v) is 5.26. The van der Waals surface area contributed by atoms with Gasteiger partial charge in [-0.3, -0.25) is 0 Å². The number of likely N-dealkylation sites (tertiary alicyclic amines) is 1. The molecule has 0 amide bonds. The molecule has 17 heavy (non-hydrogen) atoms. The van der Waals surface area contributed by atoms with Crippen molar-refractivity contribution in [1.82, 2.24) is 15.1 Å². The normalized spacial score (nSPS) is 21.0. The van der Waals surface area contributed by atoms with Crippen LogP contribution in [0, 0.1) is 0 Å². The molecule has 1 fully saturated rings. The summed E-state index contributed by atoms with van der Waals surface area (Å²) in [5.74, 6) is 0. The fourth-order valence-electron chi connectivity index (χ4n) is 2.63. The summed E-state index contributed by atoms with van der Waals surface area (Å²) < 4.78 is 0. The number of piperidine rings is 1. The van der Waals surface area contributed by atoms with Crippen molar-refractivity contribution in [2.75, 3.05) is 46.9 Å². The molecule has 1 atom stereocenters. The third-order valence-corrected chi connectivity index (χ3v) is 3.74. The number of nitrogens with one attached hydrogen (secondary N) is 1. The van der Waals surface area contributed by atoms with Crippen molar-refractivity contribution < 1.29 is 5.11 Å². The molecule has 0 aliphatic carbocycles. The third-order valence-electron chi connectivity index (χ3n) is 3.74. The number of hydrogen-bond donors (Lipinski definition) is 2. The molecule has 0 radical (unpaired) electrons. The summed E-state index contributed by atoms with van der Waals surface area (Å²) in [6.45, 7) is 6.86. The fourth-order valence-corrected chi connectivity index (χ4v) is 2.63. The van der Waals surface area contributed by atoms with Gasteiger partial charge in [0.25, 0.3) is 0 Å². The molecule has 1 unspecified atom stereocenters. The van der Waals surface area contributed by atoms with E-state index in [4.69, 9.17) is 5.11 Å². The lowest BCUT2D eigenvalue weighted by atomic mass is 10.0. The van der Waals surface area contributed by atoms with Crippen LogP contribution in [-0.2, 0) is 0 Å². The molecule has 0 aromatic rings. The Balaban J connectivity index is 2.27. The molecular weight excluding hydrogens is 214 g/mol. The second-order valence-electron chi connectivity index (χ2n) is 5.26. The summed E-state index contributed by atoms with van der Waals surface area (Å²) in [6, 6.07) is 1.20. The zero-order valence-electron chi connectivity index (χ0n) is 11.7. The highest BCUT2D eigenvalue weighted by Gasteiger charge is 2.22. The SMILES string of the molecule is CCNC(CCO)CN1CCC(N(C)C)CC1. The van der Waals surface area contributed by atoms with Crippen LogP contribution in [0.5, 0.6) is 0 Å². The summed E-state index contributed by atoms with van der Waals surface area (Å²) in [7, 11) is 4.35. The van der Waals surface area contributed by atoms with E-state index < -0.39 is 0 Å². The van der Waals surface area contributed by atoms with Crippen LogP contribution in [0.3, 0.4) is 0 Å². The van der Waals surface area contributed by atoms with Gasteiger partial charge < -0.3 is 20.2 Å². The average Bonchev–Trinajstić information content (AvgIpc) is 2.30. The quantitative estimate of drug-likeness (QED) is 0.678. The van der Waals surface area contributed by atoms with Crippen LogP contribution in [0.4, 0.5) is 0 Å². The van der Waals surface area contributed by atoms with Crippen LogP contribution in [0.1, 0.15) is 26.2 Å². The second kappa shape index (κ2) is 8.03. The maximum absolute atomic E-state index is 9.04. The van der Waals surface area contributed by atoms with Crippen molar-refractivity contribution in [2.24, 2.45) is 0 Å². The molecule has 4 nitrogen and oxygen atoms in total. The molecule has 102 valence electrons. The van der Waals surface area contributed by atoms with Gasteiger partial charge in [0.15, 0.2) is 0 Å². The lowest BCUT2D eigenvalue weighted by molar-refractivity contribution is 0.130. The van der Waals surface area contributed by atoms with Gasteiger partial charge in [0.05, 0.1) is 0 Å². The van der Waals surface area contributed by atoms with E-state index in [1.165, 1.54) is 25.9 Å². The van der Waals surface area contributed by atoms with Gasteiger partial charge in [-0.05, 0) is 53.0 Å². The summed E-state index contributed by atoms with van der Waals surface area (Å²) in [6.07, 6.45) is 3.40. The van der Waals surface area contributed by atoms with Crippen LogP contribution in [0.25, 0.3) is 0 Å². The van der Waals surface area contributed by atoms with Gasteiger partial charge in [0.2, 0.25) is 0 Å². The maximum atomic E-state index is 9.04. The molecule has 1 aliphatic heterocycles. The smallest absolute Gasteiger partial charge is 0.0446 e. The van der Waals surface area contributed by atoms with Gasteiger partial charge in [-0.25, -0.2) is 0 Å². The monoisotopic (exact) mass is 243 g/mol. The zero-order chi connectivity index (χ0) is 12.7. The molecule has 0 spiro atoms. The third kappa shape index (κ3) is 5.34. The number of aliphatic hydroxyl groups is 1. The van der Waals surface area contributed by atoms with E-state index in [1.54, 1.807) is 0 Å². The molecular formula is C13H29N3O. The largest absolute Gasteiger partial charge is 0.396 e. The molecule has 0 saturated carbocycles. The molecule has 2 N–H and O–H groups in total. The Kier molecular flexibility index (Phi) is 7.04. The predicted octanol–water partition coefficient (Wildman–Crippen LogP) is 0.373. The van der Waals surface area contributed by atoms with Gasteiger partial charge in [-0.1, -0.05) is 6.92 Å². The van der Waals surface area contributed by atoms with Crippen molar-refractivity contribution in [3.63, 3.8) is 0 Å². The minimum absolute atomic E-state index is 0.284. The van der Waals surface area contributed by atoms with Crippen LogP contribution < -0.4 is 5.32 Å². The minimum atomic E-state index is 0.284. The number of nitrogens with zero attached hydrogens (tertiary/aromatic N) is 2. The van der Waals surface area contributed by atoms with E-state index in [0.717, 1.165) is 25.6 Å². The van der Waals surface area contributed by atoms with Gasteiger partial charge in [0.1, 0.15) is 0 Å². The first-order valence-electron chi connectivity index (χ1n) is 6.90. The Labute approximate surface area is 106 Å². The van der Waals surface area contributed by atoms with Gasteiger partial charge in [0, 0.05) is 25.2 Å². The minimum Gasteiger partial charge on any atom is -0.396 e. The van der Waals surface area contributed by atoms with E-state index in [-0.39, 0.29) is 6.61 Å². The van der Waals surface area contributed by atoms with Crippen molar-refractivity contribution in [2.45, 2.75) is 38.3 Å². The van der Waals surface area contributed by atoms with Crippen LogP contribution in [0.15, 0.2) is 0 Å². The molecule has 1 aliphatic rings. The van der Waals surface area contributed by atoms with E-state index in [1.807, 2.05) is 0 Å². The van der Waals surface area contributed by atoms with Crippen molar-refractivity contribution in [1.29, 1.82) is 0 Å². The standard InChI is InChI=1S/C13H29N3O/c1-4-14-12(7-10-17)11-16-8-5-13(6-9-16)15(2)3/h12-14,17H,4-11H2,1-3H3. The zero-order valence-corrected chi connectivity index (χ0v) is 11.7. The van der Waals surface area contributed by atoms with E-state index in [9.17, 15) is 0 Å². The highest BCUT2D eigenvalue weighted by molar-refractivity contribution is 4.80. The molecule has 0 aromatic heterocycles.